The van der Waals surface area contributed by atoms with Crippen molar-refractivity contribution in [3.63, 3.8) is 0 Å². The lowest BCUT2D eigenvalue weighted by Gasteiger charge is -2.32. The highest BCUT2D eigenvalue weighted by molar-refractivity contribution is 6.01. The molecule has 4 heterocycles. The van der Waals surface area contributed by atoms with Gasteiger partial charge in [0.15, 0.2) is 5.65 Å². The highest BCUT2D eigenvalue weighted by atomic mass is 16.3. The Morgan fingerprint density at radius 1 is 1.31 bits per heavy atom. The van der Waals surface area contributed by atoms with E-state index >= 15 is 0 Å². The number of nitrogens with zero attached hydrogens (tertiary/aromatic N) is 5. The van der Waals surface area contributed by atoms with Crippen LogP contribution in [0, 0.1) is 0 Å². The molecule has 148 valence electrons. The summed E-state index contributed by atoms with van der Waals surface area (Å²) >= 11 is 0. The highest BCUT2D eigenvalue weighted by Crippen LogP contribution is 2.30. The monoisotopic (exact) mass is 391 g/mol. The third-order valence-corrected chi connectivity index (χ3v) is 5.54. The fourth-order valence-corrected chi connectivity index (χ4v) is 3.75. The van der Waals surface area contributed by atoms with Gasteiger partial charge in [-0.3, -0.25) is 4.79 Å². The maximum atomic E-state index is 12.8. The number of carbonyl (C=O) groups is 1. The Labute approximate surface area is 166 Å². The lowest BCUT2D eigenvalue weighted by Crippen LogP contribution is -2.50. The van der Waals surface area contributed by atoms with Crippen molar-refractivity contribution >= 4 is 28.4 Å². The second-order valence-electron chi connectivity index (χ2n) is 7.32. The zero-order chi connectivity index (χ0) is 20.1. The van der Waals surface area contributed by atoms with Crippen LogP contribution in [0.1, 0.15) is 23.2 Å². The summed E-state index contributed by atoms with van der Waals surface area (Å²) < 4.78 is 3.57. The molecule has 0 spiro atoms. The first kappa shape index (κ1) is 17.6. The molecule has 4 aromatic rings. The van der Waals surface area contributed by atoms with Crippen LogP contribution in [0.15, 0.2) is 36.8 Å². The van der Waals surface area contributed by atoms with E-state index in [1.165, 1.54) is 6.20 Å². The van der Waals surface area contributed by atoms with Gasteiger partial charge in [0.05, 0.1) is 24.0 Å². The van der Waals surface area contributed by atoms with Crippen molar-refractivity contribution in [1.29, 1.82) is 0 Å². The Hall–Kier alpha value is -3.46. The zero-order valence-corrected chi connectivity index (χ0v) is 16.1. The Bertz CT molecular complexity index is 1240. The molecule has 0 aromatic carbocycles. The summed E-state index contributed by atoms with van der Waals surface area (Å²) in [7, 11) is 3.74. The van der Waals surface area contributed by atoms with Crippen LogP contribution in [0.4, 0.5) is 5.82 Å². The van der Waals surface area contributed by atoms with Crippen LogP contribution in [0.25, 0.3) is 27.9 Å². The van der Waals surface area contributed by atoms with E-state index in [1.54, 1.807) is 17.8 Å². The van der Waals surface area contributed by atoms with E-state index in [1.807, 2.05) is 36.0 Å². The summed E-state index contributed by atoms with van der Waals surface area (Å²) in [6.45, 7) is 0. The lowest BCUT2D eigenvalue weighted by molar-refractivity contribution is 0.0448. The molecule has 0 bridgehead atoms. The Morgan fingerprint density at radius 3 is 2.90 bits per heavy atom. The van der Waals surface area contributed by atoms with Gasteiger partial charge in [-0.15, -0.1) is 0 Å². The maximum absolute atomic E-state index is 12.8. The van der Waals surface area contributed by atoms with E-state index in [0.29, 0.717) is 23.4 Å². The minimum Gasteiger partial charge on any atom is -0.391 e. The van der Waals surface area contributed by atoms with E-state index in [4.69, 9.17) is 4.98 Å². The quantitative estimate of drug-likeness (QED) is 0.487. The maximum Gasteiger partial charge on any atom is 0.257 e. The SMILES string of the molecule is CNc1cc(-c2cn(C)c3ncccc23)nc2c(C(=O)NC3CCC3O)cnn12. The number of hydrogen-bond acceptors (Lipinski definition) is 6. The number of aliphatic hydroxyl groups is 1. The molecule has 1 amide bonds. The molecule has 0 saturated heterocycles. The summed E-state index contributed by atoms with van der Waals surface area (Å²) in [4.78, 5) is 22.0. The molecule has 1 saturated carbocycles. The van der Waals surface area contributed by atoms with Crippen LogP contribution in [-0.4, -0.2) is 54.4 Å². The normalized spacial score (nSPS) is 18.7. The fourth-order valence-electron chi connectivity index (χ4n) is 3.75. The van der Waals surface area contributed by atoms with Crippen molar-refractivity contribution in [2.75, 3.05) is 12.4 Å². The van der Waals surface area contributed by atoms with Gasteiger partial charge in [0, 0.05) is 43.5 Å². The van der Waals surface area contributed by atoms with Gasteiger partial charge in [0.25, 0.3) is 5.91 Å². The van der Waals surface area contributed by atoms with Gasteiger partial charge < -0.3 is 20.3 Å². The summed E-state index contributed by atoms with van der Waals surface area (Å²) in [6.07, 6.45) is 6.25. The number of aliphatic hydroxyl groups excluding tert-OH is 1. The van der Waals surface area contributed by atoms with Gasteiger partial charge in [-0.1, -0.05) is 0 Å². The topological polar surface area (TPSA) is 109 Å². The number of nitrogens with one attached hydrogen (secondary N) is 2. The van der Waals surface area contributed by atoms with Crippen LogP contribution >= 0.6 is 0 Å². The first-order valence-electron chi connectivity index (χ1n) is 9.52. The van der Waals surface area contributed by atoms with E-state index in [-0.39, 0.29) is 11.9 Å². The first-order chi connectivity index (χ1) is 14.1. The highest BCUT2D eigenvalue weighted by Gasteiger charge is 2.31. The van der Waals surface area contributed by atoms with E-state index in [2.05, 4.69) is 20.7 Å². The second kappa shape index (κ2) is 6.56. The minimum absolute atomic E-state index is 0.214. The summed E-state index contributed by atoms with van der Waals surface area (Å²) in [5.74, 6) is 0.434. The zero-order valence-electron chi connectivity index (χ0n) is 16.1. The average Bonchev–Trinajstić information content (AvgIpc) is 3.31. The smallest absolute Gasteiger partial charge is 0.257 e. The molecule has 2 unspecified atom stereocenters. The van der Waals surface area contributed by atoms with Crippen molar-refractivity contribution in [3.8, 4) is 11.3 Å². The van der Waals surface area contributed by atoms with Gasteiger partial charge in [-0.2, -0.15) is 9.61 Å². The van der Waals surface area contributed by atoms with Crippen LogP contribution < -0.4 is 10.6 Å². The van der Waals surface area contributed by atoms with Gasteiger partial charge in [0.2, 0.25) is 0 Å². The molecule has 4 aromatic heterocycles. The van der Waals surface area contributed by atoms with E-state index in [0.717, 1.165) is 28.7 Å². The Balaban J connectivity index is 1.64. The van der Waals surface area contributed by atoms with Crippen LogP contribution in [-0.2, 0) is 7.05 Å². The molecule has 9 nitrogen and oxygen atoms in total. The molecule has 1 fully saturated rings. The minimum atomic E-state index is -0.486. The summed E-state index contributed by atoms with van der Waals surface area (Å²) in [5, 5.41) is 21.1. The van der Waals surface area contributed by atoms with Crippen molar-refractivity contribution < 1.29 is 9.90 Å². The number of fused-ring (bicyclic) bond motifs is 2. The molecule has 1 aliphatic rings. The summed E-state index contributed by atoms with van der Waals surface area (Å²) in [5.41, 5.74) is 3.34. The molecular weight excluding hydrogens is 370 g/mol. The average molecular weight is 391 g/mol. The van der Waals surface area contributed by atoms with Gasteiger partial charge in [-0.25, -0.2) is 9.97 Å². The van der Waals surface area contributed by atoms with Gasteiger partial charge >= 0.3 is 0 Å². The largest absolute Gasteiger partial charge is 0.391 e. The van der Waals surface area contributed by atoms with Crippen molar-refractivity contribution in [1.82, 2.24) is 29.5 Å². The molecule has 29 heavy (non-hydrogen) atoms. The molecule has 3 N–H and O–H groups in total. The third kappa shape index (κ3) is 2.73. The van der Waals surface area contributed by atoms with E-state index < -0.39 is 6.10 Å². The fraction of sp³-hybridized carbons (Fsp3) is 0.300. The molecular formula is C20H21N7O2. The van der Waals surface area contributed by atoms with Gasteiger partial charge in [0.1, 0.15) is 17.0 Å². The molecule has 9 heteroatoms. The number of anilines is 1. The molecule has 2 atom stereocenters. The van der Waals surface area contributed by atoms with Gasteiger partial charge in [-0.05, 0) is 25.0 Å². The predicted octanol–water partition coefficient (Wildman–Crippen LogP) is 1.58. The molecule has 0 aliphatic heterocycles. The van der Waals surface area contributed by atoms with E-state index in [9.17, 15) is 9.90 Å². The Morgan fingerprint density at radius 2 is 2.17 bits per heavy atom. The number of aromatic nitrogens is 5. The molecule has 0 radical (unpaired) electrons. The van der Waals surface area contributed by atoms with Crippen LogP contribution in [0.2, 0.25) is 0 Å². The predicted molar refractivity (Wildman–Crippen MR) is 109 cm³/mol. The number of carbonyl (C=O) groups excluding carboxylic acids is 1. The number of pyridine rings is 1. The number of hydrogen-bond donors (Lipinski definition) is 3. The first-order valence-corrected chi connectivity index (χ1v) is 9.52. The summed E-state index contributed by atoms with van der Waals surface area (Å²) in [6, 6.07) is 5.59. The van der Waals surface area contributed by atoms with Crippen molar-refractivity contribution in [2.24, 2.45) is 7.05 Å². The van der Waals surface area contributed by atoms with Crippen molar-refractivity contribution in [3.05, 3.63) is 42.4 Å². The number of aryl methyl sites for hydroxylation is 1. The second-order valence-corrected chi connectivity index (χ2v) is 7.32. The molecule has 5 rings (SSSR count). The lowest BCUT2D eigenvalue weighted by atomic mass is 9.89. The Kier molecular flexibility index (Phi) is 3.99. The number of amides is 1. The number of rotatable bonds is 4. The van der Waals surface area contributed by atoms with Crippen LogP contribution in [0.3, 0.4) is 0 Å². The molecule has 1 aliphatic carbocycles. The third-order valence-electron chi connectivity index (χ3n) is 5.54. The standard InChI is InChI=1S/C20H21N7O2/c1-21-17-8-15(13-10-26(2)18-11(13)4-3-7-22-18)24-19-12(9-23-27(17)19)20(29)25-14-5-6-16(14)28/h3-4,7-10,14,16,21,28H,5-6H2,1-2H3,(H,25,29). The van der Waals surface area contributed by atoms with Crippen molar-refractivity contribution in [2.45, 2.75) is 25.0 Å². The van der Waals surface area contributed by atoms with Crippen LogP contribution in [0.5, 0.6) is 0 Å².